The standard InChI is InChI=1S/C16H13ClN2O2/c17-14-6-1-2-7-15(14)21-11-12-4-3-5-13(10-12)19-16(20)8-9-18/h1-7,10H,8,11H2,(H,19,20). The van der Waals surface area contributed by atoms with E-state index in [0.717, 1.165) is 5.56 Å². The monoisotopic (exact) mass is 300 g/mol. The topological polar surface area (TPSA) is 62.1 Å². The maximum absolute atomic E-state index is 11.4. The summed E-state index contributed by atoms with van der Waals surface area (Å²) in [6, 6.07) is 16.3. The summed E-state index contributed by atoms with van der Waals surface area (Å²) in [5.41, 5.74) is 1.53. The maximum Gasteiger partial charge on any atom is 0.238 e. The van der Waals surface area contributed by atoms with Crippen molar-refractivity contribution in [3.05, 3.63) is 59.1 Å². The van der Waals surface area contributed by atoms with Crippen LogP contribution in [0.3, 0.4) is 0 Å². The van der Waals surface area contributed by atoms with Crippen molar-refractivity contribution in [2.45, 2.75) is 13.0 Å². The first-order chi connectivity index (χ1) is 10.2. The van der Waals surface area contributed by atoms with E-state index in [1.165, 1.54) is 0 Å². The second-order valence-electron chi connectivity index (χ2n) is 4.30. The third-order valence-electron chi connectivity index (χ3n) is 2.68. The zero-order valence-corrected chi connectivity index (χ0v) is 11.9. The molecule has 0 aliphatic rings. The molecule has 106 valence electrons. The van der Waals surface area contributed by atoms with Crippen LogP contribution in [0, 0.1) is 11.3 Å². The summed E-state index contributed by atoms with van der Waals surface area (Å²) in [5, 5.41) is 11.7. The van der Waals surface area contributed by atoms with Crippen LogP contribution in [0.5, 0.6) is 5.75 Å². The van der Waals surface area contributed by atoms with E-state index in [1.807, 2.05) is 24.3 Å². The average Bonchev–Trinajstić information content (AvgIpc) is 2.47. The number of hydrogen-bond donors (Lipinski definition) is 1. The van der Waals surface area contributed by atoms with Gasteiger partial charge in [0.2, 0.25) is 5.91 Å². The maximum atomic E-state index is 11.4. The van der Waals surface area contributed by atoms with Crippen LogP contribution in [0.2, 0.25) is 5.02 Å². The smallest absolute Gasteiger partial charge is 0.238 e. The van der Waals surface area contributed by atoms with Crippen molar-refractivity contribution in [2.75, 3.05) is 5.32 Å². The van der Waals surface area contributed by atoms with E-state index in [1.54, 1.807) is 30.3 Å². The highest BCUT2D eigenvalue weighted by Crippen LogP contribution is 2.24. The van der Waals surface area contributed by atoms with Crippen molar-refractivity contribution in [1.82, 2.24) is 0 Å². The van der Waals surface area contributed by atoms with Gasteiger partial charge in [-0.15, -0.1) is 0 Å². The lowest BCUT2D eigenvalue weighted by atomic mass is 10.2. The van der Waals surface area contributed by atoms with Gasteiger partial charge in [0, 0.05) is 5.69 Å². The lowest BCUT2D eigenvalue weighted by molar-refractivity contribution is -0.115. The molecular formula is C16H13ClN2O2. The third kappa shape index (κ3) is 4.51. The van der Waals surface area contributed by atoms with Crippen LogP contribution in [0.1, 0.15) is 12.0 Å². The first kappa shape index (κ1) is 14.9. The van der Waals surface area contributed by atoms with Crippen molar-refractivity contribution in [3.63, 3.8) is 0 Å². The number of nitrogens with one attached hydrogen (secondary N) is 1. The summed E-state index contributed by atoms with van der Waals surface area (Å²) in [7, 11) is 0. The van der Waals surface area contributed by atoms with E-state index < -0.39 is 0 Å². The van der Waals surface area contributed by atoms with Gasteiger partial charge in [-0.2, -0.15) is 5.26 Å². The molecule has 21 heavy (non-hydrogen) atoms. The number of rotatable bonds is 5. The highest BCUT2D eigenvalue weighted by molar-refractivity contribution is 6.32. The van der Waals surface area contributed by atoms with Crippen LogP contribution in [0.15, 0.2) is 48.5 Å². The van der Waals surface area contributed by atoms with Crippen molar-refractivity contribution < 1.29 is 9.53 Å². The number of halogens is 1. The lowest BCUT2D eigenvalue weighted by Crippen LogP contribution is -2.10. The Bertz CT molecular complexity index is 680. The molecule has 0 heterocycles. The van der Waals surface area contributed by atoms with Gasteiger partial charge >= 0.3 is 0 Å². The van der Waals surface area contributed by atoms with Gasteiger partial charge in [0.1, 0.15) is 18.8 Å². The number of ether oxygens (including phenoxy) is 1. The number of carbonyl (C=O) groups excluding carboxylic acids is 1. The van der Waals surface area contributed by atoms with Gasteiger partial charge in [-0.05, 0) is 29.8 Å². The number of para-hydroxylation sites is 1. The van der Waals surface area contributed by atoms with Crippen LogP contribution in [0.4, 0.5) is 5.69 Å². The van der Waals surface area contributed by atoms with Crippen LogP contribution in [-0.4, -0.2) is 5.91 Å². The van der Waals surface area contributed by atoms with E-state index in [4.69, 9.17) is 21.6 Å². The molecule has 0 aromatic heterocycles. The van der Waals surface area contributed by atoms with Crippen LogP contribution in [0.25, 0.3) is 0 Å². The Hall–Kier alpha value is -2.51. The van der Waals surface area contributed by atoms with E-state index >= 15 is 0 Å². The molecule has 2 rings (SSSR count). The Kier molecular flexibility index (Phi) is 5.19. The number of nitrogens with zero attached hydrogens (tertiary/aromatic N) is 1. The second-order valence-corrected chi connectivity index (χ2v) is 4.71. The quantitative estimate of drug-likeness (QED) is 0.914. The first-order valence-corrected chi connectivity index (χ1v) is 6.70. The summed E-state index contributed by atoms with van der Waals surface area (Å²) in [6.45, 7) is 0.339. The molecule has 0 unspecified atom stereocenters. The Labute approximate surface area is 127 Å². The Morgan fingerprint density at radius 3 is 2.81 bits per heavy atom. The molecule has 0 saturated carbocycles. The molecule has 0 atom stereocenters. The Morgan fingerprint density at radius 2 is 2.05 bits per heavy atom. The summed E-state index contributed by atoms with van der Waals surface area (Å²) in [5.74, 6) is 0.278. The minimum atomic E-state index is -0.332. The molecule has 0 spiro atoms. The highest BCUT2D eigenvalue weighted by atomic mass is 35.5. The number of benzene rings is 2. The van der Waals surface area contributed by atoms with E-state index in [9.17, 15) is 4.79 Å². The molecule has 0 fully saturated rings. The van der Waals surface area contributed by atoms with Gasteiger partial charge in [0.15, 0.2) is 0 Å². The average molecular weight is 301 g/mol. The zero-order chi connectivity index (χ0) is 15.1. The predicted octanol–water partition coefficient (Wildman–Crippen LogP) is 3.77. The van der Waals surface area contributed by atoms with Gasteiger partial charge in [-0.25, -0.2) is 0 Å². The lowest BCUT2D eigenvalue weighted by Gasteiger charge is -2.09. The van der Waals surface area contributed by atoms with Crippen molar-refractivity contribution >= 4 is 23.2 Å². The molecule has 4 nitrogen and oxygen atoms in total. The van der Waals surface area contributed by atoms with Gasteiger partial charge in [0.05, 0.1) is 11.1 Å². The molecule has 2 aromatic rings. The predicted molar refractivity (Wildman–Crippen MR) is 81.1 cm³/mol. The number of anilines is 1. The fraction of sp³-hybridized carbons (Fsp3) is 0.125. The summed E-state index contributed by atoms with van der Waals surface area (Å²) in [6.07, 6.45) is -0.166. The third-order valence-corrected chi connectivity index (χ3v) is 2.99. The molecule has 2 aromatic carbocycles. The SMILES string of the molecule is N#CCC(=O)Nc1cccc(COc2ccccc2Cl)c1. The normalized spacial score (nSPS) is 9.71. The summed E-state index contributed by atoms with van der Waals surface area (Å²) < 4.78 is 5.63. The van der Waals surface area contributed by atoms with Crippen LogP contribution >= 0.6 is 11.6 Å². The van der Waals surface area contributed by atoms with E-state index in [2.05, 4.69) is 5.32 Å². The van der Waals surface area contributed by atoms with Gasteiger partial charge in [-0.1, -0.05) is 35.9 Å². The van der Waals surface area contributed by atoms with Gasteiger partial charge < -0.3 is 10.1 Å². The molecule has 1 N–H and O–H groups in total. The molecule has 0 aliphatic heterocycles. The minimum absolute atomic E-state index is 0.166. The fourth-order valence-corrected chi connectivity index (χ4v) is 1.93. The molecule has 0 aliphatic carbocycles. The largest absolute Gasteiger partial charge is 0.487 e. The molecular weight excluding hydrogens is 288 g/mol. The van der Waals surface area contributed by atoms with Crippen molar-refractivity contribution in [1.29, 1.82) is 5.26 Å². The van der Waals surface area contributed by atoms with Crippen molar-refractivity contribution in [2.24, 2.45) is 0 Å². The Balaban J connectivity index is 2.00. The first-order valence-electron chi connectivity index (χ1n) is 6.32. The summed E-state index contributed by atoms with van der Waals surface area (Å²) >= 11 is 6.01. The fourth-order valence-electron chi connectivity index (χ4n) is 1.74. The van der Waals surface area contributed by atoms with E-state index in [0.29, 0.717) is 23.1 Å². The minimum Gasteiger partial charge on any atom is -0.487 e. The molecule has 0 bridgehead atoms. The summed E-state index contributed by atoms with van der Waals surface area (Å²) in [4.78, 5) is 11.4. The number of amides is 1. The van der Waals surface area contributed by atoms with E-state index in [-0.39, 0.29) is 12.3 Å². The number of hydrogen-bond acceptors (Lipinski definition) is 3. The Morgan fingerprint density at radius 1 is 1.24 bits per heavy atom. The molecule has 1 amide bonds. The molecule has 0 radical (unpaired) electrons. The molecule has 5 heteroatoms. The van der Waals surface area contributed by atoms with Gasteiger partial charge in [-0.3, -0.25) is 4.79 Å². The highest BCUT2D eigenvalue weighted by Gasteiger charge is 2.04. The number of carbonyl (C=O) groups is 1. The van der Waals surface area contributed by atoms with Gasteiger partial charge in [0.25, 0.3) is 0 Å². The zero-order valence-electron chi connectivity index (χ0n) is 11.2. The van der Waals surface area contributed by atoms with Crippen LogP contribution < -0.4 is 10.1 Å². The molecule has 0 saturated heterocycles. The number of nitriles is 1. The van der Waals surface area contributed by atoms with Crippen molar-refractivity contribution in [3.8, 4) is 11.8 Å². The van der Waals surface area contributed by atoms with Crippen LogP contribution in [-0.2, 0) is 11.4 Å². The second kappa shape index (κ2) is 7.32.